The number of imidazole rings is 1. The minimum absolute atomic E-state index is 0.0865. The molecule has 1 aromatic heterocycles. The number of aliphatic carboxylic acids is 1. The molecule has 2 atom stereocenters. The summed E-state index contributed by atoms with van der Waals surface area (Å²) in [6, 6.07) is 5.24. The van der Waals surface area contributed by atoms with Crippen molar-refractivity contribution in [2.75, 3.05) is 0 Å². The van der Waals surface area contributed by atoms with Crippen molar-refractivity contribution in [3.05, 3.63) is 29.6 Å². The van der Waals surface area contributed by atoms with Crippen LogP contribution in [0.15, 0.2) is 18.2 Å². The van der Waals surface area contributed by atoms with Gasteiger partial charge in [-0.3, -0.25) is 9.59 Å². The number of aryl methyl sites for hydroxylation is 1. The maximum atomic E-state index is 12.1. The molecule has 0 spiro atoms. The zero-order chi connectivity index (χ0) is 12.9. The molecule has 1 aromatic carbocycles. The van der Waals surface area contributed by atoms with Gasteiger partial charge in [0, 0.05) is 11.5 Å². The minimum Gasteiger partial charge on any atom is -0.481 e. The number of benzene rings is 1. The zero-order valence-electron chi connectivity index (χ0n) is 9.80. The Kier molecular flexibility index (Phi) is 2.23. The molecular formula is C13H12N2O3. The van der Waals surface area contributed by atoms with Crippen molar-refractivity contribution in [1.29, 1.82) is 0 Å². The van der Waals surface area contributed by atoms with Crippen LogP contribution in [0, 0.1) is 18.8 Å². The number of H-pyrrole nitrogens is 1. The van der Waals surface area contributed by atoms with Gasteiger partial charge in [-0.15, -0.1) is 0 Å². The molecule has 0 aliphatic heterocycles. The van der Waals surface area contributed by atoms with E-state index in [9.17, 15) is 9.59 Å². The van der Waals surface area contributed by atoms with E-state index < -0.39 is 11.9 Å². The summed E-state index contributed by atoms with van der Waals surface area (Å²) in [5, 5.41) is 8.83. The van der Waals surface area contributed by atoms with Gasteiger partial charge in [0.05, 0.1) is 17.0 Å². The second-order valence-corrected chi connectivity index (χ2v) is 4.71. The van der Waals surface area contributed by atoms with Gasteiger partial charge in [0.1, 0.15) is 5.82 Å². The normalized spacial score (nSPS) is 22.1. The predicted octanol–water partition coefficient (Wildman–Crippen LogP) is 1.77. The molecule has 18 heavy (non-hydrogen) atoms. The van der Waals surface area contributed by atoms with Crippen LogP contribution < -0.4 is 0 Å². The average Bonchev–Trinajstić information content (AvgIpc) is 3.03. The minimum atomic E-state index is -0.883. The molecule has 3 rings (SSSR count). The van der Waals surface area contributed by atoms with Gasteiger partial charge in [-0.1, -0.05) is 0 Å². The number of carboxylic acid groups (broad SMARTS) is 1. The Balaban J connectivity index is 1.90. The van der Waals surface area contributed by atoms with Crippen LogP contribution in [0.2, 0.25) is 0 Å². The van der Waals surface area contributed by atoms with Gasteiger partial charge in [-0.2, -0.15) is 0 Å². The van der Waals surface area contributed by atoms with Crippen LogP contribution in [0.1, 0.15) is 22.6 Å². The molecule has 0 bridgehead atoms. The molecule has 2 N–H and O–H groups in total. The number of Topliss-reactive ketones (excluding diaryl/α,β-unsaturated/α-hetero) is 1. The Morgan fingerprint density at radius 3 is 2.83 bits per heavy atom. The largest absolute Gasteiger partial charge is 0.481 e. The number of nitrogens with zero attached hydrogens (tertiary/aromatic N) is 1. The summed E-state index contributed by atoms with van der Waals surface area (Å²) in [7, 11) is 0. The number of hydrogen-bond acceptors (Lipinski definition) is 3. The van der Waals surface area contributed by atoms with Crippen LogP contribution in [-0.4, -0.2) is 26.8 Å². The SMILES string of the molecule is Cc1nc2ccc(C(=O)C3CC3C(=O)O)cc2[nH]1. The smallest absolute Gasteiger partial charge is 0.307 e. The maximum Gasteiger partial charge on any atom is 0.307 e. The second kappa shape index (κ2) is 3.66. The Morgan fingerprint density at radius 1 is 1.39 bits per heavy atom. The van der Waals surface area contributed by atoms with E-state index in [2.05, 4.69) is 9.97 Å². The fourth-order valence-electron chi connectivity index (χ4n) is 2.26. The van der Waals surface area contributed by atoms with Crippen molar-refractivity contribution < 1.29 is 14.7 Å². The number of aromatic amines is 1. The maximum absolute atomic E-state index is 12.1. The summed E-state index contributed by atoms with van der Waals surface area (Å²) in [4.78, 5) is 30.2. The van der Waals surface area contributed by atoms with Crippen LogP contribution in [0.3, 0.4) is 0 Å². The molecule has 0 saturated heterocycles. The molecule has 1 fully saturated rings. The lowest BCUT2D eigenvalue weighted by molar-refractivity contribution is -0.138. The van der Waals surface area contributed by atoms with E-state index in [-0.39, 0.29) is 11.7 Å². The number of rotatable bonds is 3. The van der Waals surface area contributed by atoms with Crippen LogP contribution in [0.5, 0.6) is 0 Å². The summed E-state index contributed by atoms with van der Waals surface area (Å²) in [5.41, 5.74) is 2.18. The topological polar surface area (TPSA) is 83.1 Å². The second-order valence-electron chi connectivity index (χ2n) is 4.71. The number of nitrogens with one attached hydrogen (secondary N) is 1. The molecule has 1 aliphatic rings. The van der Waals surface area contributed by atoms with E-state index in [1.54, 1.807) is 18.2 Å². The Hall–Kier alpha value is -2.17. The third-order valence-corrected chi connectivity index (χ3v) is 3.33. The van der Waals surface area contributed by atoms with E-state index >= 15 is 0 Å². The number of aromatic nitrogens is 2. The molecule has 1 heterocycles. The molecule has 92 valence electrons. The van der Waals surface area contributed by atoms with Crippen LogP contribution in [0.4, 0.5) is 0 Å². The molecule has 5 nitrogen and oxygen atoms in total. The number of carbonyl (C=O) groups excluding carboxylic acids is 1. The molecule has 5 heteroatoms. The first-order valence-corrected chi connectivity index (χ1v) is 5.79. The molecule has 0 amide bonds. The fraction of sp³-hybridized carbons (Fsp3) is 0.308. The van der Waals surface area contributed by atoms with E-state index in [4.69, 9.17) is 5.11 Å². The van der Waals surface area contributed by atoms with Gasteiger partial charge < -0.3 is 10.1 Å². The molecule has 2 unspecified atom stereocenters. The van der Waals surface area contributed by atoms with Crippen molar-refractivity contribution in [1.82, 2.24) is 9.97 Å². The van der Waals surface area contributed by atoms with Crippen molar-refractivity contribution in [2.24, 2.45) is 11.8 Å². The molecule has 1 saturated carbocycles. The van der Waals surface area contributed by atoms with Gasteiger partial charge in [0.25, 0.3) is 0 Å². The standard InChI is InChI=1S/C13H12N2O3/c1-6-14-10-3-2-7(4-11(10)15-6)12(16)8-5-9(8)13(17)18/h2-4,8-9H,5H2,1H3,(H,14,15)(H,17,18). The van der Waals surface area contributed by atoms with Gasteiger partial charge in [0.2, 0.25) is 0 Å². The number of carbonyl (C=O) groups is 2. The first-order valence-electron chi connectivity index (χ1n) is 5.79. The fourth-order valence-corrected chi connectivity index (χ4v) is 2.26. The van der Waals surface area contributed by atoms with E-state index in [0.717, 1.165) is 16.9 Å². The highest BCUT2D eigenvalue weighted by atomic mass is 16.4. The van der Waals surface area contributed by atoms with Gasteiger partial charge in [-0.05, 0) is 31.5 Å². The average molecular weight is 244 g/mol. The van der Waals surface area contributed by atoms with Crippen molar-refractivity contribution in [2.45, 2.75) is 13.3 Å². The molecular weight excluding hydrogens is 232 g/mol. The molecule has 1 aliphatic carbocycles. The zero-order valence-corrected chi connectivity index (χ0v) is 9.80. The van der Waals surface area contributed by atoms with Crippen molar-refractivity contribution in [3.63, 3.8) is 0 Å². The number of ketones is 1. The highest BCUT2D eigenvalue weighted by Crippen LogP contribution is 2.41. The first-order chi connectivity index (χ1) is 8.56. The van der Waals surface area contributed by atoms with Gasteiger partial charge >= 0.3 is 5.97 Å². The summed E-state index contributed by atoms with van der Waals surface area (Å²) < 4.78 is 0. The first kappa shape index (κ1) is 11.0. The Labute approximate surface area is 103 Å². The van der Waals surface area contributed by atoms with Crippen LogP contribution in [-0.2, 0) is 4.79 Å². The molecule has 0 radical (unpaired) electrons. The lowest BCUT2D eigenvalue weighted by Crippen LogP contribution is -2.08. The highest BCUT2D eigenvalue weighted by molar-refractivity contribution is 6.04. The number of carboxylic acids is 1. The Morgan fingerprint density at radius 2 is 2.17 bits per heavy atom. The number of hydrogen-bond donors (Lipinski definition) is 2. The van der Waals surface area contributed by atoms with E-state index in [0.29, 0.717) is 12.0 Å². The van der Waals surface area contributed by atoms with Gasteiger partial charge in [0.15, 0.2) is 5.78 Å². The summed E-state index contributed by atoms with van der Waals surface area (Å²) in [6.45, 7) is 1.85. The quantitative estimate of drug-likeness (QED) is 0.806. The highest BCUT2D eigenvalue weighted by Gasteiger charge is 2.48. The van der Waals surface area contributed by atoms with Crippen molar-refractivity contribution >= 4 is 22.8 Å². The summed E-state index contributed by atoms with van der Waals surface area (Å²) in [5.74, 6) is -1.03. The lowest BCUT2D eigenvalue weighted by Gasteiger charge is -1.99. The van der Waals surface area contributed by atoms with Crippen LogP contribution >= 0.6 is 0 Å². The van der Waals surface area contributed by atoms with Crippen LogP contribution in [0.25, 0.3) is 11.0 Å². The summed E-state index contributed by atoms with van der Waals surface area (Å²) in [6.07, 6.45) is 0.453. The lowest BCUT2D eigenvalue weighted by atomic mass is 10.1. The third-order valence-electron chi connectivity index (χ3n) is 3.33. The predicted molar refractivity (Wildman–Crippen MR) is 64.4 cm³/mol. The Bertz CT molecular complexity index is 659. The van der Waals surface area contributed by atoms with Gasteiger partial charge in [-0.25, -0.2) is 4.98 Å². The van der Waals surface area contributed by atoms with E-state index in [1.807, 2.05) is 6.92 Å². The third kappa shape index (κ3) is 1.68. The molecule has 2 aromatic rings. The number of fused-ring (bicyclic) bond motifs is 1. The van der Waals surface area contributed by atoms with E-state index in [1.165, 1.54) is 0 Å². The summed E-state index contributed by atoms with van der Waals surface area (Å²) >= 11 is 0. The van der Waals surface area contributed by atoms with Crippen molar-refractivity contribution in [3.8, 4) is 0 Å². The monoisotopic (exact) mass is 244 g/mol.